The number of carbonyl (C=O) groups is 3. The van der Waals surface area contributed by atoms with Crippen molar-refractivity contribution in [3.8, 4) is 0 Å². The summed E-state index contributed by atoms with van der Waals surface area (Å²) in [5.74, 6) is -0.930. The molecule has 1 aliphatic heterocycles. The normalized spacial score (nSPS) is 20.3. The molecule has 108 valence electrons. The number of rotatable bonds is 5. The highest BCUT2D eigenvalue weighted by atomic mass is 16.4. The van der Waals surface area contributed by atoms with Crippen LogP contribution < -0.4 is 10.6 Å². The molecule has 0 spiro atoms. The lowest BCUT2D eigenvalue weighted by molar-refractivity contribution is -0.138. The number of urea groups is 1. The van der Waals surface area contributed by atoms with Gasteiger partial charge in [0.2, 0.25) is 5.91 Å². The minimum atomic E-state index is -0.927. The Bertz CT molecular complexity index is 349. The number of hydrogen-bond acceptors (Lipinski definition) is 3. The molecule has 1 heterocycles. The summed E-state index contributed by atoms with van der Waals surface area (Å²) in [6.45, 7) is 4.38. The predicted molar refractivity (Wildman–Crippen MR) is 68.7 cm³/mol. The highest BCUT2D eigenvalue weighted by Crippen LogP contribution is 2.07. The molecule has 1 aliphatic rings. The summed E-state index contributed by atoms with van der Waals surface area (Å²) < 4.78 is 0. The SMILES string of the molecule is CCN(C(=O)NC1CCC(=O)NC1)C(C)CC(=O)O. The van der Waals surface area contributed by atoms with Crippen molar-refractivity contribution in [1.29, 1.82) is 0 Å². The molecule has 1 saturated heterocycles. The molecule has 0 bridgehead atoms. The van der Waals surface area contributed by atoms with Crippen molar-refractivity contribution in [3.05, 3.63) is 0 Å². The van der Waals surface area contributed by atoms with Gasteiger partial charge in [0.25, 0.3) is 0 Å². The van der Waals surface area contributed by atoms with Crippen LogP contribution in [0, 0.1) is 0 Å². The van der Waals surface area contributed by atoms with E-state index in [1.807, 2.05) is 0 Å². The fourth-order valence-corrected chi connectivity index (χ4v) is 2.13. The van der Waals surface area contributed by atoms with Crippen LogP contribution in [0.25, 0.3) is 0 Å². The Morgan fingerprint density at radius 1 is 1.58 bits per heavy atom. The predicted octanol–water partition coefficient (Wildman–Crippen LogP) is 0.160. The number of carboxylic acids is 1. The van der Waals surface area contributed by atoms with Gasteiger partial charge in [0.15, 0.2) is 0 Å². The molecule has 3 amide bonds. The Hall–Kier alpha value is -1.79. The van der Waals surface area contributed by atoms with Gasteiger partial charge in [-0.15, -0.1) is 0 Å². The number of amides is 3. The van der Waals surface area contributed by atoms with Crippen molar-refractivity contribution in [2.45, 2.75) is 45.2 Å². The summed E-state index contributed by atoms with van der Waals surface area (Å²) >= 11 is 0. The summed E-state index contributed by atoms with van der Waals surface area (Å²) in [6, 6.07) is -0.727. The van der Waals surface area contributed by atoms with E-state index in [1.54, 1.807) is 13.8 Å². The van der Waals surface area contributed by atoms with E-state index in [0.29, 0.717) is 25.9 Å². The number of nitrogens with zero attached hydrogens (tertiary/aromatic N) is 1. The van der Waals surface area contributed by atoms with E-state index >= 15 is 0 Å². The minimum Gasteiger partial charge on any atom is -0.481 e. The molecule has 0 aromatic heterocycles. The molecule has 1 fully saturated rings. The lowest BCUT2D eigenvalue weighted by Gasteiger charge is -2.31. The van der Waals surface area contributed by atoms with Crippen LogP contribution in [0.5, 0.6) is 0 Å². The molecule has 0 saturated carbocycles. The highest BCUT2D eigenvalue weighted by molar-refractivity contribution is 5.78. The zero-order valence-electron chi connectivity index (χ0n) is 11.3. The molecule has 0 aliphatic carbocycles. The number of carboxylic acid groups (broad SMARTS) is 1. The topological polar surface area (TPSA) is 98.7 Å². The van der Waals surface area contributed by atoms with Crippen LogP contribution in [0.4, 0.5) is 4.79 Å². The molecule has 0 radical (unpaired) electrons. The van der Waals surface area contributed by atoms with Crippen molar-refractivity contribution >= 4 is 17.9 Å². The Balaban J connectivity index is 2.49. The van der Waals surface area contributed by atoms with Gasteiger partial charge in [-0.1, -0.05) is 0 Å². The number of nitrogens with one attached hydrogen (secondary N) is 2. The second-order valence-electron chi connectivity index (χ2n) is 4.72. The van der Waals surface area contributed by atoms with Crippen LogP contribution in [0.1, 0.15) is 33.1 Å². The fourth-order valence-electron chi connectivity index (χ4n) is 2.13. The van der Waals surface area contributed by atoms with Crippen LogP contribution in [-0.4, -0.2) is 53.1 Å². The maximum atomic E-state index is 12.1. The first kappa shape index (κ1) is 15.3. The van der Waals surface area contributed by atoms with Gasteiger partial charge in [0.1, 0.15) is 0 Å². The summed E-state index contributed by atoms with van der Waals surface area (Å²) in [6.07, 6.45) is 0.937. The fraction of sp³-hybridized carbons (Fsp3) is 0.750. The van der Waals surface area contributed by atoms with E-state index < -0.39 is 5.97 Å². The average molecular weight is 271 g/mol. The van der Waals surface area contributed by atoms with E-state index in [2.05, 4.69) is 10.6 Å². The van der Waals surface area contributed by atoms with Gasteiger partial charge in [0, 0.05) is 31.6 Å². The molecule has 2 atom stereocenters. The van der Waals surface area contributed by atoms with Gasteiger partial charge >= 0.3 is 12.0 Å². The van der Waals surface area contributed by atoms with Gasteiger partial charge in [-0.2, -0.15) is 0 Å². The van der Waals surface area contributed by atoms with Crippen molar-refractivity contribution in [2.24, 2.45) is 0 Å². The van der Waals surface area contributed by atoms with Crippen LogP contribution in [0.15, 0.2) is 0 Å². The molecule has 0 aromatic carbocycles. The van der Waals surface area contributed by atoms with Crippen molar-refractivity contribution in [2.75, 3.05) is 13.1 Å². The monoisotopic (exact) mass is 271 g/mol. The third kappa shape index (κ3) is 4.76. The lowest BCUT2D eigenvalue weighted by Crippen LogP contribution is -2.53. The summed E-state index contributed by atoms with van der Waals surface area (Å²) in [7, 11) is 0. The molecule has 3 N–H and O–H groups in total. The Morgan fingerprint density at radius 3 is 2.74 bits per heavy atom. The quantitative estimate of drug-likeness (QED) is 0.663. The number of aliphatic carboxylic acids is 1. The van der Waals surface area contributed by atoms with Crippen LogP contribution >= 0.6 is 0 Å². The van der Waals surface area contributed by atoms with E-state index in [9.17, 15) is 14.4 Å². The summed E-state index contributed by atoms with van der Waals surface area (Å²) in [5.41, 5.74) is 0. The Morgan fingerprint density at radius 2 is 2.26 bits per heavy atom. The van der Waals surface area contributed by atoms with Crippen LogP contribution in [-0.2, 0) is 9.59 Å². The summed E-state index contributed by atoms with van der Waals surface area (Å²) in [4.78, 5) is 35.2. The van der Waals surface area contributed by atoms with Gasteiger partial charge in [-0.3, -0.25) is 9.59 Å². The maximum absolute atomic E-state index is 12.1. The first-order valence-corrected chi connectivity index (χ1v) is 6.49. The molecule has 0 aromatic rings. The standard InChI is InChI=1S/C12H21N3O4/c1-3-15(8(2)6-11(17)18)12(19)14-9-4-5-10(16)13-7-9/h8-9H,3-7H2,1-2H3,(H,13,16)(H,14,19)(H,17,18). The third-order valence-corrected chi connectivity index (χ3v) is 3.20. The second kappa shape index (κ2) is 6.96. The minimum absolute atomic E-state index is 0.00269. The van der Waals surface area contributed by atoms with E-state index in [0.717, 1.165) is 0 Å². The van der Waals surface area contributed by atoms with Gasteiger partial charge in [-0.25, -0.2) is 4.79 Å². The van der Waals surface area contributed by atoms with E-state index in [-0.39, 0.29) is 30.4 Å². The van der Waals surface area contributed by atoms with Crippen molar-refractivity contribution < 1.29 is 19.5 Å². The second-order valence-corrected chi connectivity index (χ2v) is 4.72. The third-order valence-electron chi connectivity index (χ3n) is 3.20. The van der Waals surface area contributed by atoms with Crippen LogP contribution in [0.3, 0.4) is 0 Å². The Kier molecular flexibility index (Phi) is 5.59. The maximum Gasteiger partial charge on any atom is 0.317 e. The van der Waals surface area contributed by atoms with E-state index in [4.69, 9.17) is 5.11 Å². The van der Waals surface area contributed by atoms with Gasteiger partial charge in [0.05, 0.1) is 6.42 Å². The molecular formula is C12H21N3O4. The largest absolute Gasteiger partial charge is 0.481 e. The number of hydrogen-bond donors (Lipinski definition) is 3. The number of carbonyl (C=O) groups excluding carboxylic acids is 2. The Labute approximate surface area is 112 Å². The van der Waals surface area contributed by atoms with E-state index in [1.165, 1.54) is 4.90 Å². The molecule has 19 heavy (non-hydrogen) atoms. The smallest absolute Gasteiger partial charge is 0.317 e. The van der Waals surface area contributed by atoms with Crippen LogP contribution in [0.2, 0.25) is 0 Å². The van der Waals surface area contributed by atoms with Gasteiger partial charge in [-0.05, 0) is 20.3 Å². The van der Waals surface area contributed by atoms with Crippen molar-refractivity contribution in [1.82, 2.24) is 15.5 Å². The molecule has 7 nitrogen and oxygen atoms in total. The molecular weight excluding hydrogens is 250 g/mol. The highest BCUT2D eigenvalue weighted by Gasteiger charge is 2.25. The first-order chi connectivity index (χ1) is 8.93. The zero-order valence-corrected chi connectivity index (χ0v) is 11.3. The molecule has 7 heteroatoms. The average Bonchev–Trinajstić information content (AvgIpc) is 2.32. The molecule has 1 rings (SSSR count). The van der Waals surface area contributed by atoms with Crippen molar-refractivity contribution in [3.63, 3.8) is 0 Å². The first-order valence-electron chi connectivity index (χ1n) is 6.49. The zero-order chi connectivity index (χ0) is 14.4. The van der Waals surface area contributed by atoms with Gasteiger partial charge < -0.3 is 20.6 Å². The molecule has 2 unspecified atom stereocenters. The summed E-state index contributed by atoms with van der Waals surface area (Å²) in [5, 5.41) is 14.3. The number of piperidine rings is 1. The lowest BCUT2D eigenvalue weighted by atomic mass is 10.1.